The van der Waals surface area contributed by atoms with Crippen molar-refractivity contribution in [1.29, 1.82) is 0 Å². The summed E-state index contributed by atoms with van der Waals surface area (Å²) < 4.78 is 5.12. The maximum absolute atomic E-state index is 12.4. The number of hydrogen-bond donors (Lipinski definition) is 1. The molecule has 1 aliphatic heterocycles. The van der Waals surface area contributed by atoms with E-state index in [4.69, 9.17) is 4.74 Å². The van der Waals surface area contributed by atoms with E-state index in [0.717, 1.165) is 41.6 Å². The van der Waals surface area contributed by atoms with Gasteiger partial charge in [-0.25, -0.2) is 0 Å². The number of nitrogens with one attached hydrogen (secondary N) is 1. The van der Waals surface area contributed by atoms with Gasteiger partial charge in [0.25, 0.3) is 5.91 Å². The number of nitrogens with zero attached hydrogens (tertiary/aromatic N) is 3. The number of rotatable bonds is 5. The Kier molecular flexibility index (Phi) is 5.70. The van der Waals surface area contributed by atoms with E-state index < -0.39 is 0 Å². The smallest absolute Gasteiger partial charge is 0.255 e. The molecule has 4 rings (SSSR count). The minimum absolute atomic E-state index is 0.161. The van der Waals surface area contributed by atoms with Gasteiger partial charge >= 0.3 is 0 Å². The zero-order valence-electron chi connectivity index (χ0n) is 16.5. The van der Waals surface area contributed by atoms with Crippen molar-refractivity contribution in [3.8, 4) is 17.0 Å². The fourth-order valence-corrected chi connectivity index (χ4v) is 3.44. The van der Waals surface area contributed by atoms with Crippen LogP contribution in [0.5, 0.6) is 5.75 Å². The maximum atomic E-state index is 12.4. The summed E-state index contributed by atoms with van der Waals surface area (Å²) in [6, 6.07) is 18.7. The van der Waals surface area contributed by atoms with Crippen molar-refractivity contribution in [2.75, 3.05) is 30.4 Å². The Morgan fingerprint density at radius 3 is 2.24 bits per heavy atom. The number of carbonyl (C=O) groups is 1. The summed E-state index contributed by atoms with van der Waals surface area (Å²) in [6.07, 6.45) is 3.73. The van der Waals surface area contributed by atoms with Crippen molar-refractivity contribution >= 4 is 17.4 Å². The molecule has 1 aromatic heterocycles. The van der Waals surface area contributed by atoms with Crippen LogP contribution in [0, 0.1) is 0 Å². The van der Waals surface area contributed by atoms with Crippen molar-refractivity contribution in [2.45, 2.75) is 19.3 Å². The summed E-state index contributed by atoms with van der Waals surface area (Å²) >= 11 is 0. The highest BCUT2D eigenvalue weighted by atomic mass is 16.5. The minimum Gasteiger partial charge on any atom is -0.497 e. The molecule has 2 aromatic carbocycles. The van der Waals surface area contributed by atoms with Crippen molar-refractivity contribution in [1.82, 2.24) is 10.2 Å². The first-order valence-electron chi connectivity index (χ1n) is 9.87. The molecule has 3 aromatic rings. The highest BCUT2D eigenvalue weighted by molar-refractivity contribution is 6.04. The first-order chi connectivity index (χ1) is 14.2. The third-order valence-corrected chi connectivity index (χ3v) is 5.12. The Labute approximate surface area is 170 Å². The Balaban J connectivity index is 1.41. The number of carbonyl (C=O) groups excluding carboxylic acids is 1. The molecule has 1 N–H and O–H groups in total. The third-order valence-electron chi connectivity index (χ3n) is 5.12. The lowest BCUT2D eigenvalue weighted by Crippen LogP contribution is -2.30. The Hall–Kier alpha value is -3.41. The summed E-state index contributed by atoms with van der Waals surface area (Å²) in [5.74, 6) is 1.50. The normalized spacial score (nSPS) is 13.8. The molecule has 1 aliphatic rings. The van der Waals surface area contributed by atoms with Crippen molar-refractivity contribution < 1.29 is 9.53 Å². The van der Waals surface area contributed by atoms with Crippen LogP contribution in [0.4, 0.5) is 11.5 Å². The van der Waals surface area contributed by atoms with E-state index in [1.54, 1.807) is 31.4 Å². The highest BCUT2D eigenvalue weighted by Gasteiger charge is 2.13. The first-order valence-corrected chi connectivity index (χ1v) is 9.87. The van der Waals surface area contributed by atoms with Gasteiger partial charge in [0, 0.05) is 29.9 Å². The molecule has 0 spiro atoms. The second-order valence-electron chi connectivity index (χ2n) is 7.08. The minimum atomic E-state index is -0.161. The van der Waals surface area contributed by atoms with Gasteiger partial charge in [-0.2, -0.15) is 0 Å². The summed E-state index contributed by atoms with van der Waals surface area (Å²) in [5, 5.41) is 11.7. The van der Waals surface area contributed by atoms with E-state index in [0.29, 0.717) is 5.56 Å². The molecule has 1 fully saturated rings. The molecule has 0 radical (unpaired) electrons. The summed E-state index contributed by atoms with van der Waals surface area (Å²) in [5.41, 5.74) is 3.09. The average molecular weight is 388 g/mol. The Bertz CT molecular complexity index is 948. The van der Waals surface area contributed by atoms with Crippen molar-refractivity contribution in [3.05, 3.63) is 66.2 Å². The summed E-state index contributed by atoms with van der Waals surface area (Å²) in [6.45, 7) is 2.10. The zero-order valence-corrected chi connectivity index (χ0v) is 16.5. The quantitative estimate of drug-likeness (QED) is 0.702. The fraction of sp³-hybridized carbons (Fsp3) is 0.261. The Morgan fingerprint density at radius 2 is 1.62 bits per heavy atom. The highest BCUT2D eigenvalue weighted by Crippen LogP contribution is 2.22. The van der Waals surface area contributed by atoms with E-state index in [9.17, 15) is 4.79 Å². The second-order valence-corrected chi connectivity index (χ2v) is 7.08. The maximum Gasteiger partial charge on any atom is 0.255 e. The summed E-state index contributed by atoms with van der Waals surface area (Å²) in [4.78, 5) is 14.7. The number of anilines is 2. The van der Waals surface area contributed by atoms with Gasteiger partial charge < -0.3 is 15.0 Å². The molecule has 6 nitrogen and oxygen atoms in total. The van der Waals surface area contributed by atoms with Gasteiger partial charge in [-0.1, -0.05) is 12.1 Å². The number of aromatic nitrogens is 2. The monoisotopic (exact) mass is 388 g/mol. The van der Waals surface area contributed by atoms with Crippen LogP contribution in [0.3, 0.4) is 0 Å². The molecule has 148 valence electrons. The van der Waals surface area contributed by atoms with Crippen LogP contribution in [-0.2, 0) is 0 Å². The van der Waals surface area contributed by atoms with Crippen LogP contribution in [-0.4, -0.2) is 36.3 Å². The molecule has 6 heteroatoms. The van der Waals surface area contributed by atoms with Gasteiger partial charge in [-0.05, 0) is 67.8 Å². The molecule has 1 amide bonds. The predicted octanol–water partition coefficient (Wildman–Crippen LogP) is 4.39. The lowest BCUT2D eigenvalue weighted by molar-refractivity contribution is 0.102. The molecule has 1 saturated heterocycles. The fourth-order valence-electron chi connectivity index (χ4n) is 3.44. The zero-order chi connectivity index (χ0) is 20.1. The molecular formula is C23H24N4O2. The number of benzene rings is 2. The average Bonchev–Trinajstić information content (AvgIpc) is 2.80. The molecule has 0 unspecified atom stereocenters. The number of amides is 1. The van der Waals surface area contributed by atoms with Gasteiger partial charge in [-0.15, -0.1) is 10.2 Å². The van der Waals surface area contributed by atoms with Gasteiger partial charge in [0.1, 0.15) is 5.75 Å². The van der Waals surface area contributed by atoms with E-state index in [-0.39, 0.29) is 5.91 Å². The lowest BCUT2D eigenvalue weighted by atomic mass is 10.1. The van der Waals surface area contributed by atoms with Crippen molar-refractivity contribution in [2.24, 2.45) is 0 Å². The molecule has 0 saturated carbocycles. The van der Waals surface area contributed by atoms with Gasteiger partial charge in [-0.3, -0.25) is 4.79 Å². The SMILES string of the molecule is COc1ccc(C(=O)Nc2ccc(-c3ccc(N4CCCCC4)nn3)cc2)cc1. The molecular weight excluding hydrogens is 364 g/mol. The van der Waals surface area contributed by atoms with Crippen LogP contribution < -0.4 is 15.0 Å². The van der Waals surface area contributed by atoms with Gasteiger partial charge in [0.05, 0.1) is 12.8 Å². The van der Waals surface area contributed by atoms with Crippen LogP contribution in [0.2, 0.25) is 0 Å². The molecule has 2 heterocycles. The molecule has 0 atom stereocenters. The molecule has 0 bridgehead atoms. The summed E-state index contributed by atoms with van der Waals surface area (Å²) in [7, 11) is 1.60. The number of methoxy groups -OCH3 is 1. The third kappa shape index (κ3) is 4.54. The standard InChI is InChI=1S/C23H24N4O2/c1-29-20-11-7-18(8-12-20)23(28)24-19-9-5-17(6-10-19)21-13-14-22(26-25-21)27-15-3-2-4-16-27/h5-14H,2-4,15-16H2,1H3,(H,24,28). The number of piperidine rings is 1. The Morgan fingerprint density at radius 1 is 0.897 bits per heavy atom. The van der Waals surface area contributed by atoms with Crippen LogP contribution in [0.25, 0.3) is 11.3 Å². The second kappa shape index (κ2) is 8.73. The predicted molar refractivity (Wildman–Crippen MR) is 114 cm³/mol. The van der Waals surface area contributed by atoms with E-state index in [1.165, 1.54) is 19.3 Å². The first kappa shape index (κ1) is 18.9. The molecule has 29 heavy (non-hydrogen) atoms. The number of ether oxygens (including phenoxy) is 1. The van der Waals surface area contributed by atoms with E-state index in [2.05, 4.69) is 20.4 Å². The molecule has 0 aliphatic carbocycles. The van der Waals surface area contributed by atoms with Gasteiger partial charge in [0.2, 0.25) is 0 Å². The largest absolute Gasteiger partial charge is 0.497 e. The van der Waals surface area contributed by atoms with E-state index >= 15 is 0 Å². The van der Waals surface area contributed by atoms with Crippen LogP contribution in [0.1, 0.15) is 29.6 Å². The lowest BCUT2D eigenvalue weighted by Gasteiger charge is -2.27. The number of hydrogen-bond acceptors (Lipinski definition) is 5. The van der Waals surface area contributed by atoms with E-state index in [1.807, 2.05) is 36.4 Å². The topological polar surface area (TPSA) is 67.3 Å². The van der Waals surface area contributed by atoms with Crippen LogP contribution >= 0.6 is 0 Å². The van der Waals surface area contributed by atoms with Gasteiger partial charge in [0.15, 0.2) is 5.82 Å². The van der Waals surface area contributed by atoms with Crippen molar-refractivity contribution in [3.63, 3.8) is 0 Å². The van der Waals surface area contributed by atoms with Crippen LogP contribution in [0.15, 0.2) is 60.7 Å².